The molecule has 55 heavy (non-hydrogen) atoms. The van der Waals surface area contributed by atoms with Crippen LogP contribution in [0.15, 0.2) is 109 Å². The summed E-state index contributed by atoms with van der Waals surface area (Å²) in [6, 6.07) is 31.8. The van der Waals surface area contributed by atoms with Crippen LogP contribution in [0, 0.1) is 0 Å². The summed E-state index contributed by atoms with van der Waals surface area (Å²) in [5, 5.41) is 8.34. The molecule has 8 nitrogen and oxygen atoms in total. The zero-order chi connectivity index (χ0) is 39.6. The van der Waals surface area contributed by atoms with Gasteiger partial charge in [0.15, 0.2) is 5.67 Å². The van der Waals surface area contributed by atoms with Crippen molar-refractivity contribution >= 4 is 68.2 Å². The van der Waals surface area contributed by atoms with Gasteiger partial charge in [-0.05, 0) is 109 Å². The Morgan fingerprint density at radius 2 is 1.36 bits per heavy atom. The smallest absolute Gasteiger partial charge is 0.281 e. The van der Waals surface area contributed by atoms with Gasteiger partial charge in [-0.25, -0.2) is 13.2 Å². The summed E-state index contributed by atoms with van der Waals surface area (Å²) in [6.07, 6.45) is -1.87. The zero-order valence-corrected chi connectivity index (χ0v) is 31.8. The fraction of sp³-hybridized carbons (Fsp3) is 0.167. The fourth-order valence-corrected chi connectivity index (χ4v) is 6.59. The Hall–Kier alpha value is -5.78. The Balaban J connectivity index is 0.000000237. The van der Waals surface area contributed by atoms with Crippen molar-refractivity contribution in [2.75, 3.05) is 11.1 Å². The van der Waals surface area contributed by atoms with E-state index in [2.05, 4.69) is 39.4 Å². The summed E-state index contributed by atoms with van der Waals surface area (Å²) in [5.74, 6) is -1.66. The fourth-order valence-electron chi connectivity index (χ4n) is 6.21. The number of nitrogens with one attached hydrogen (secondary N) is 2. The minimum absolute atomic E-state index is 0.175. The van der Waals surface area contributed by atoms with Crippen LogP contribution in [0.2, 0.25) is 10.0 Å². The standard InChI is InChI=1S/C27H24ClF3N4O2.C15H13ClN2/c1-27(2,31)26(37)33-14-15-9-20(23(24(29)30)32-13-15)25(36)34-19-7-8-21-17(11-19)12-22(35(21)3)16-5-4-6-18(28)10-16;1-18-14-6-5-13(17)8-11(14)9-15(18)10-3-2-4-12(16)7-10/h4-13,24H,14H2,1-3H3,(H,33,37)(H,34,36);2-9H,17H2,1H3. The minimum atomic E-state index is -2.99. The van der Waals surface area contributed by atoms with Gasteiger partial charge in [-0.1, -0.05) is 47.5 Å². The number of benzene rings is 4. The Kier molecular flexibility index (Phi) is 11.3. The lowest BCUT2D eigenvalue weighted by molar-refractivity contribution is -0.130. The first-order valence-electron chi connectivity index (χ1n) is 17.1. The molecule has 0 spiro atoms. The van der Waals surface area contributed by atoms with Crippen molar-refractivity contribution in [3.05, 3.63) is 136 Å². The maximum atomic E-state index is 13.8. The summed E-state index contributed by atoms with van der Waals surface area (Å²) in [5.41, 5.74) is 10.3. The number of alkyl halides is 3. The van der Waals surface area contributed by atoms with Gasteiger partial charge in [-0.3, -0.25) is 14.6 Å². The molecular weight excluding hydrogens is 748 g/mol. The van der Waals surface area contributed by atoms with Gasteiger partial charge in [0, 0.05) is 81.5 Å². The highest BCUT2D eigenvalue weighted by atomic mass is 35.5. The number of pyridine rings is 1. The highest BCUT2D eigenvalue weighted by Gasteiger charge is 2.27. The quantitative estimate of drug-likeness (QED) is 0.133. The van der Waals surface area contributed by atoms with E-state index in [1.807, 2.05) is 78.3 Å². The molecule has 0 unspecified atom stereocenters. The van der Waals surface area contributed by atoms with Crippen LogP contribution >= 0.6 is 23.2 Å². The van der Waals surface area contributed by atoms with Gasteiger partial charge in [-0.2, -0.15) is 0 Å². The lowest BCUT2D eigenvalue weighted by Crippen LogP contribution is -2.38. The van der Waals surface area contributed by atoms with E-state index in [0.29, 0.717) is 10.7 Å². The molecule has 2 amide bonds. The van der Waals surface area contributed by atoms with E-state index in [-0.39, 0.29) is 17.7 Å². The van der Waals surface area contributed by atoms with Crippen molar-refractivity contribution in [2.45, 2.75) is 32.5 Å². The van der Waals surface area contributed by atoms with Crippen LogP contribution in [0.25, 0.3) is 44.3 Å². The second-order valence-corrected chi connectivity index (χ2v) is 14.3. The molecule has 7 aromatic rings. The number of halogens is 5. The molecule has 0 fully saturated rings. The molecule has 0 saturated heterocycles. The summed E-state index contributed by atoms with van der Waals surface area (Å²) in [6.45, 7) is 2.02. The van der Waals surface area contributed by atoms with Crippen molar-refractivity contribution in [1.29, 1.82) is 0 Å². The van der Waals surface area contributed by atoms with E-state index >= 15 is 0 Å². The third-order valence-corrected chi connectivity index (χ3v) is 9.50. The number of fused-ring (bicyclic) bond motifs is 2. The maximum absolute atomic E-state index is 13.8. The van der Waals surface area contributed by atoms with E-state index in [4.69, 9.17) is 28.9 Å². The number of carbonyl (C=O) groups excluding carboxylic acids is 2. The molecule has 4 aromatic carbocycles. The number of nitrogen functional groups attached to an aromatic ring is 1. The summed E-state index contributed by atoms with van der Waals surface area (Å²) < 4.78 is 45.1. The number of rotatable bonds is 8. The van der Waals surface area contributed by atoms with Crippen LogP contribution in [-0.2, 0) is 25.4 Å². The largest absolute Gasteiger partial charge is 0.399 e. The number of aromatic nitrogens is 3. The number of nitrogens with two attached hydrogens (primary N) is 1. The Labute approximate surface area is 325 Å². The van der Waals surface area contributed by atoms with Crippen LogP contribution < -0.4 is 16.4 Å². The van der Waals surface area contributed by atoms with Gasteiger partial charge in [0.25, 0.3) is 18.2 Å². The molecule has 0 radical (unpaired) electrons. The first-order valence-corrected chi connectivity index (χ1v) is 17.9. The number of amides is 2. The van der Waals surface area contributed by atoms with Gasteiger partial charge in [-0.15, -0.1) is 0 Å². The van der Waals surface area contributed by atoms with Gasteiger partial charge in [0.1, 0.15) is 5.69 Å². The summed E-state index contributed by atoms with van der Waals surface area (Å²) in [4.78, 5) is 28.5. The van der Waals surface area contributed by atoms with E-state index < -0.39 is 29.6 Å². The van der Waals surface area contributed by atoms with Crippen molar-refractivity contribution in [2.24, 2.45) is 14.1 Å². The molecule has 0 saturated carbocycles. The summed E-state index contributed by atoms with van der Waals surface area (Å²) >= 11 is 12.2. The van der Waals surface area contributed by atoms with Crippen molar-refractivity contribution in [3.8, 4) is 22.5 Å². The zero-order valence-electron chi connectivity index (χ0n) is 30.3. The Morgan fingerprint density at radius 1 is 0.800 bits per heavy atom. The predicted molar refractivity (Wildman–Crippen MR) is 215 cm³/mol. The Morgan fingerprint density at radius 3 is 1.91 bits per heavy atom. The second kappa shape index (κ2) is 15.9. The monoisotopic (exact) mass is 784 g/mol. The predicted octanol–water partition coefficient (Wildman–Crippen LogP) is 10.5. The van der Waals surface area contributed by atoms with Crippen LogP contribution in [-0.4, -0.2) is 31.6 Å². The van der Waals surface area contributed by atoms with E-state index in [9.17, 15) is 22.8 Å². The van der Waals surface area contributed by atoms with Crippen LogP contribution in [0.1, 0.15) is 41.9 Å². The molecular formula is C42H37Cl2F3N6O2. The van der Waals surface area contributed by atoms with Crippen molar-refractivity contribution < 1.29 is 22.8 Å². The first kappa shape index (κ1) is 38.9. The Bertz CT molecular complexity index is 2560. The first-order chi connectivity index (χ1) is 26.1. The highest BCUT2D eigenvalue weighted by Crippen LogP contribution is 2.32. The molecule has 0 bridgehead atoms. The van der Waals surface area contributed by atoms with E-state index in [1.165, 1.54) is 11.6 Å². The van der Waals surface area contributed by atoms with Crippen molar-refractivity contribution in [3.63, 3.8) is 0 Å². The molecule has 4 N–H and O–H groups in total. The van der Waals surface area contributed by atoms with Gasteiger partial charge >= 0.3 is 0 Å². The van der Waals surface area contributed by atoms with E-state index in [1.54, 1.807) is 18.2 Å². The maximum Gasteiger partial charge on any atom is 0.281 e. The SMILES string of the molecule is Cn1c(-c2cccc(Cl)c2)cc2cc(N)ccc21.Cn1c(-c2cccc(Cl)c2)cc2cc(NC(=O)c3cc(CNC(=O)C(C)(C)F)cnc3C(F)F)ccc21. The molecule has 3 aromatic heterocycles. The number of hydrogen-bond donors (Lipinski definition) is 3. The molecule has 282 valence electrons. The molecule has 0 aliphatic carbocycles. The summed E-state index contributed by atoms with van der Waals surface area (Å²) in [7, 11) is 3.96. The topological polar surface area (TPSA) is 107 Å². The average Bonchev–Trinajstić information content (AvgIpc) is 3.65. The molecule has 0 atom stereocenters. The van der Waals surface area contributed by atoms with Crippen molar-refractivity contribution in [1.82, 2.24) is 19.4 Å². The van der Waals surface area contributed by atoms with Gasteiger partial charge in [0.05, 0.1) is 5.56 Å². The molecule has 13 heteroatoms. The highest BCUT2D eigenvalue weighted by molar-refractivity contribution is 6.31. The van der Waals surface area contributed by atoms with Gasteiger partial charge < -0.3 is 25.5 Å². The number of hydrogen-bond acceptors (Lipinski definition) is 4. The van der Waals surface area contributed by atoms with E-state index in [0.717, 1.165) is 69.6 Å². The molecule has 3 heterocycles. The molecule has 0 aliphatic heterocycles. The second-order valence-electron chi connectivity index (χ2n) is 13.5. The molecule has 0 aliphatic rings. The number of carbonyl (C=O) groups is 2. The van der Waals surface area contributed by atoms with Crippen LogP contribution in [0.3, 0.4) is 0 Å². The number of aryl methyl sites for hydroxylation is 2. The number of anilines is 2. The number of nitrogens with zero attached hydrogens (tertiary/aromatic N) is 3. The van der Waals surface area contributed by atoms with Crippen LogP contribution in [0.4, 0.5) is 24.5 Å². The minimum Gasteiger partial charge on any atom is -0.399 e. The van der Waals surface area contributed by atoms with Gasteiger partial charge in [0.2, 0.25) is 0 Å². The lowest BCUT2D eigenvalue weighted by atomic mass is 10.1. The average molecular weight is 786 g/mol. The third kappa shape index (κ3) is 8.80. The third-order valence-electron chi connectivity index (χ3n) is 9.03. The van der Waals surface area contributed by atoms with Crippen LogP contribution in [0.5, 0.6) is 0 Å². The normalized spacial score (nSPS) is 11.5. The lowest BCUT2D eigenvalue weighted by Gasteiger charge is -2.15. The molecule has 7 rings (SSSR count).